The number of anilines is 2. The molecular weight excluding hydrogens is 475 g/mol. The van der Waals surface area contributed by atoms with Gasteiger partial charge >= 0.3 is 6.03 Å². The highest BCUT2D eigenvalue weighted by Crippen LogP contribution is 2.49. The number of hydrogen-bond acceptors (Lipinski definition) is 6. The van der Waals surface area contributed by atoms with Gasteiger partial charge in [0.05, 0.1) is 53.7 Å². The Hall–Kier alpha value is -3.21. The van der Waals surface area contributed by atoms with Gasteiger partial charge in [-0.2, -0.15) is 10.2 Å². The van der Waals surface area contributed by atoms with Crippen molar-refractivity contribution in [1.29, 1.82) is 0 Å². The molecule has 0 atom stereocenters. The fourth-order valence-electron chi connectivity index (χ4n) is 6.43. The predicted molar refractivity (Wildman–Crippen MR) is 135 cm³/mol. The Kier molecular flexibility index (Phi) is 4.38. The first-order chi connectivity index (χ1) is 18.0. The normalized spacial score (nSPS) is 24.2. The molecule has 3 saturated heterocycles. The van der Waals surface area contributed by atoms with E-state index in [1.165, 1.54) is 6.42 Å². The summed E-state index contributed by atoms with van der Waals surface area (Å²) in [6.45, 7) is 4.42. The summed E-state index contributed by atoms with van der Waals surface area (Å²) in [5.41, 5.74) is 1.85. The first-order valence-corrected chi connectivity index (χ1v) is 13.5. The minimum absolute atomic E-state index is 0.0540. The second-order valence-corrected chi connectivity index (χ2v) is 12.0. The van der Waals surface area contributed by atoms with Crippen molar-refractivity contribution in [3.63, 3.8) is 0 Å². The highest BCUT2D eigenvalue weighted by molar-refractivity contribution is 5.96. The fourth-order valence-corrected chi connectivity index (χ4v) is 6.43. The molecule has 3 aromatic heterocycles. The molecule has 10 nitrogen and oxygen atoms in total. The Bertz CT molecular complexity index is 1390. The number of aromatic amines is 1. The molecule has 2 N–H and O–H groups in total. The number of urea groups is 1. The second-order valence-electron chi connectivity index (χ2n) is 12.0. The number of halogens is 1. The number of aromatic nitrogens is 5. The van der Waals surface area contributed by atoms with Gasteiger partial charge in [-0.1, -0.05) is 0 Å². The molecule has 2 aliphatic carbocycles. The fraction of sp³-hybridized carbons (Fsp3) is 0.615. The van der Waals surface area contributed by atoms with Gasteiger partial charge in [0, 0.05) is 31.4 Å². The molecule has 11 heteroatoms. The number of nitrogens with zero attached hydrogens (tertiary/aromatic N) is 6. The topological polar surface area (TPSA) is 104 Å². The third-order valence-corrected chi connectivity index (χ3v) is 9.07. The van der Waals surface area contributed by atoms with Gasteiger partial charge in [0.25, 0.3) is 0 Å². The highest BCUT2D eigenvalue weighted by atomic mass is 19.1. The number of carbonyl (C=O) groups is 1. The van der Waals surface area contributed by atoms with Crippen LogP contribution >= 0.6 is 0 Å². The van der Waals surface area contributed by atoms with Crippen LogP contribution < -0.4 is 10.2 Å². The molecule has 0 bridgehead atoms. The second kappa shape index (κ2) is 7.43. The van der Waals surface area contributed by atoms with Gasteiger partial charge in [-0.25, -0.2) is 9.18 Å². The van der Waals surface area contributed by atoms with E-state index in [9.17, 15) is 9.18 Å². The van der Waals surface area contributed by atoms with Gasteiger partial charge in [0.15, 0.2) is 5.82 Å². The molecule has 194 valence electrons. The van der Waals surface area contributed by atoms with E-state index in [4.69, 9.17) is 14.8 Å². The third kappa shape index (κ3) is 3.46. The Morgan fingerprint density at radius 1 is 1.14 bits per heavy atom. The summed E-state index contributed by atoms with van der Waals surface area (Å²) in [4.78, 5) is 22.2. The van der Waals surface area contributed by atoms with Crippen LogP contribution in [0.4, 0.5) is 20.7 Å². The van der Waals surface area contributed by atoms with Crippen LogP contribution in [-0.4, -0.2) is 79.9 Å². The number of fused-ring (bicyclic) bond motifs is 1. The summed E-state index contributed by atoms with van der Waals surface area (Å²) >= 11 is 0. The number of amides is 2. The van der Waals surface area contributed by atoms with Crippen molar-refractivity contribution in [2.75, 3.05) is 43.1 Å². The molecule has 6 heterocycles. The third-order valence-electron chi connectivity index (χ3n) is 9.07. The molecule has 5 aliphatic rings. The van der Waals surface area contributed by atoms with E-state index in [0.29, 0.717) is 29.9 Å². The van der Waals surface area contributed by atoms with Gasteiger partial charge in [-0.05, 0) is 51.0 Å². The van der Waals surface area contributed by atoms with Gasteiger partial charge in [-0.3, -0.25) is 14.8 Å². The predicted octanol–water partition coefficient (Wildman–Crippen LogP) is 3.71. The SMILES string of the molecule is O=C(Nc1cn[nH]c1-c1cc2c(cn1)c(N1CC3(COC3)C1)nn2CC1(F)CC1)N1CCCCC12CC2. The summed E-state index contributed by atoms with van der Waals surface area (Å²) in [7, 11) is 0. The Labute approximate surface area is 213 Å². The number of H-pyrrole nitrogens is 1. The summed E-state index contributed by atoms with van der Waals surface area (Å²) in [5, 5.41) is 16.1. The lowest BCUT2D eigenvalue weighted by Crippen LogP contribution is -2.66. The van der Waals surface area contributed by atoms with Crippen LogP contribution in [0.2, 0.25) is 0 Å². The monoisotopic (exact) mass is 506 g/mol. The summed E-state index contributed by atoms with van der Waals surface area (Å²) in [6.07, 6.45) is 10.1. The minimum Gasteiger partial charge on any atom is -0.380 e. The maximum absolute atomic E-state index is 14.9. The molecule has 0 aromatic carbocycles. The van der Waals surface area contributed by atoms with Crippen molar-refractivity contribution in [3.05, 3.63) is 18.5 Å². The van der Waals surface area contributed by atoms with E-state index < -0.39 is 5.67 Å². The Morgan fingerprint density at radius 3 is 2.70 bits per heavy atom. The largest absolute Gasteiger partial charge is 0.380 e. The van der Waals surface area contributed by atoms with E-state index in [2.05, 4.69) is 20.4 Å². The average Bonchev–Trinajstić information content (AvgIpc) is 3.67. The van der Waals surface area contributed by atoms with Crippen molar-refractivity contribution in [2.24, 2.45) is 5.41 Å². The van der Waals surface area contributed by atoms with E-state index in [0.717, 1.165) is 75.3 Å². The van der Waals surface area contributed by atoms with Gasteiger partial charge in [-0.15, -0.1) is 0 Å². The maximum Gasteiger partial charge on any atom is 0.322 e. The lowest BCUT2D eigenvalue weighted by atomic mass is 9.78. The number of pyridine rings is 1. The number of ether oxygens (including phenoxy) is 1. The van der Waals surface area contributed by atoms with Crippen LogP contribution in [0.5, 0.6) is 0 Å². The quantitative estimate of drug-likeness (QED) is 0.547. The first kappa shape index (κ1) is 21.8. The highest BCUT2D eigenvalue weighted by Gasteiger charge is 2.52. The summed E-state index contributed by atoms with van der Waals surface area (Å²) in [5.74, 6) is 0.855. The molecule has 37 heavy (non-hydrogen) atoms. The van der Waals surface area contributed by atoms with Crippen LogP contribution in [0, 0.1) is 5.41 Å². The number of hydrogen-bond donors (Lipinski definition) is 2. The molecule has 3 aliphatic heterocycles. The summed E-state index contributed by atoms with van der Waals surface area (Å²) < 4.78 is 22.1. The molecule has 2 spiro atoms. The van der Waals surface area contributed by atoms with Crippen LogP contribution in [0.1, 0.15) is 44.9 Å². The molecule has 3 aromatic rings. The van der Waals surface area contributed by atoms with Gasteiger partial charge in [0.2, 0.25) is 0 Å². The average molecular weight is 507 g/mol. The Balaban J connectivity index is 1.11. The number of alkyl halides is 1. The maximum atomic E-state index is 14.9. The van der Waals surface area contributed by atoms with E-state index >= 15 is 0 Å². The van der Waals surface area contributed by atoms with E-state index in [1.54, 1.807) is 10.9 Å². The number of carbonyl (C=O) groups excluding carboxylic acids is 1. The molecule has 2 amide bonds. The van der Waals surface area contributed by atoms with Gasteiger partial charge in [0.1, 0.15) is 11.4 Å². The van der Waals surface area contributed by atoms with Crippen molar-refractivity contribution in [2.45, 2.75) is 62.7 Å². The van der Waals surface area contributed by atoms with Crippen molar-refractivity contribution in [3.8, 4) is 11.4 Å². The lowest BCUT2D eigenvalue weighted by molar-refractivity contribution is -0.127. The standard InChI is InChI=1S/C26H31FN8O2/c27-25(4-5-25)14-35-20-9-18(28-10-17(20)22(32-35)33-12-24(13-33)15-37-16-24)21-19(11-29-31-21)30-23(36)34-8-2-1-3-26(34)6-7-26/h9-11H,1-8,12-16H2,(H,29,31)(H,30,36). The van der Waals surface area contributed by atoms with Crippen LogP contribution in [0.3, 0.4) is 0 Å². The van der Waals surface area contributed by atoms with Crippen LogP contribution in [-0.2, 0) is 11.3 Å². The lowest BCUT2D eigenvalue weighted by Gasteiger charge is -2.55. The molecule has 0 unspecified atom stereocenters. The zero-order valence-corrected chi connectivity index (χ0v) is 20.8. The van der Waals surface area contributed by atoms with Crippen molar-refractivity contribution < 1.29 is 13.9 Å². The van der Waals surface area contributed by atoms with E-state index in [-0.39, 0.29) is 23.5 Å². The molecule has 2 saturated carbocycles. The number of likely N-dealkylation sites (tertiary alicyclic amines) is 1. The molecule has 0 radical (unpaired) electrons. The number of rotatable bonds is 5. The molecule has 8 rings (SSSR count). The zero-order valence-electron chi connectivity index (χ0n) is 20.8. The molecule has 5 fully saturated rings. The van der Waals surface area contributed by atoms with Crippen molar-refractivity contribution >= 4 is 28.4 Å². The molecular formula is C26H31FN8O2. The van der Waals surface area contributed by atoms with Gasteiger partial charge < -0.3 is 19.9 Å². The van der Waals surface area contributed by atoms with E-state index in [1.807, 2.05) is 17.2 Å². The first-order valence-electron chi connectivity index (χ1n) is 13.5. The summed E-state index contributed by atoms with van der Waals surface area (Å²) in [6, 6.07) is 1.86. The van der Waals surface area contributed by atoms with Crippen molar-refractivity contribution in [1.82, 2.24) is 29.9 Å². The Morgan fingerprint density at radius 2 is 1.97 bits per heavy atom. The number of nitrogens with one attached hydrogen (secondary N) is 2. The minimum atomic E-state index is -1.18. The van der Waals surface area contributed by atoms with Crippen LogP contribution in [0.25, 0.3) is 22.3 Å². The number of piperidine rings is 1. The van der Waals surface area contributed by atoms with Crippen LogP contribution in [0.15, 0.2) is 18.5 Å². The zero-order chi connectivity index (χ0) is 24.8. The smallest absolute Gasteiger partial charge is 0.322 e.